The average molecular weight is 504 g/mol. The molecule has 6 heteroatoms. The molecule has 0 aliphatic heterocycles. The van der Waals surface area contributed by atoms with Crippen LogP contribution in [0.5, 0.6) is 0 Å². The zero-order valence-corrected chi connectivity index (χ0v) is 17.0. The minimum atomic E-state index is -3.56. The van der Waals surface area contributed by atoms with E-state index in [1.165, 1.54) is 0 Å². The highest BCUT2D eigenvalue weighted by Gasteiger charge is 2.25. The fraction of sp³-hybridized carbons (Fsp3) is 0.176. The van der Waals surface area contributed by atoms with Gasteiger partial charge in [-0.1, -0.05) is 62.3 Å². The minimum Gasteiger partial charge on any atom is -0.345 e. The van der Waals surface area contributed by atoms with Crippen molar-refractivity contribution < 1.29 is 8.42 Å². The number of nitrogens with one attached hydrogen (secondary N) is 1. The number of hydrogen-bond acceptors (Lipinski definition) is 2. The molecule has 1 heterocycles. The second-order valence-corrected chi connectivity index (χ2v) is 9.26. The van der Waals surface area contributed by atoms with Gasteiger partial charge in [-0.05, 0) is 43.2 Å². The molecular weight excluding hydrogens is 489 g/mol. The van der Waals surface area contributed by atoms with Gasteiger partial charge in [-0.3, -0.25) is 0 Å². The molecule has 0 aliphatic rings. The van der Waals surface area contributed by atoms with Crippen LogP contribution in [0.1, 0.15) is 11.1 Å². The third kappa shape index (κ3) is 3.21. The number of halogens is 2. The first-order chi connectivity index (χ1) is 10.9. The lowest BCUT2D eigenvalue weighted by Gasteiger charge is -2.06. The van der Waals surface area contributed by atoms with Crippen LogP contribution < -0.4 is 0 Å². The normalized spacial score (nSPS) is 12.0. The van der Waals surface area contributed by atoms with Crippen molar-refractivity contribution in [3.8, 4) is 0 Å². The molecule has 0 saturated carbocycles. The van der Waals surface area contributed by atoms with Crippen LogP contribution in [0, 0.1) is 6.92 Å². The number of aromatic amines is 1. The number of aromatic nitrogens is 1. The lowest BCUT2D eigenvalue weighted by atomic mass is 10.1. The first-order valence-corrected chi connectivity index (χ1v) is 10.9. The van der Waals surface area contributed by atoms with E-state index in [4.69, 9.17) is 0 Å². The molecule has 3 nitrogen and oxygen atoms in total. The Morgan fingerprint density at radius 2 is 1.83 bits per heavy atom. The van der Waals surface area contributed by atoms with Gasteiger partial charge in [-0.25, -0.2) is 8.42 Å². The molecule has 0 aliphatic carbocycles. The molecule has 23 heavy (non-hydrogen) atoms. The summed E-state index contributed by atoms with van der Waals surface area (Å²) in [5.74, 6) is 0. The average Bonchev–Trinajstić information content (AvgIpc) is 2.87. The second kappa shape index (κ2) is 6.57. The van der Waals surface area contributed by atoms with Crippen LogP contribution in [0.25, 0.3) is 10.9 Å². The van der Waals surface area contributed by atoms with Gasteiger partial charge < -0.3 is 4.98 Å². The third-order valence-electron chi connectivity index (χ3n) is 3.77. The van der Waals surface area contributed by atoms with Gasteiger partial charge >= 0.3 is 0 Å². The number of sulfone groups is 1. The second-order valence-electron chi connectivity index (χ2n) is 5.38. The molecule has 0 spiro atoms. The quantitative estimate of drug-likeness (QED) is 0.400. The predicted octanol–water partition coefficient (Wildman–Crippen LogP) is 5.05. The van der Waals surface area contributed by atoms with Gasteiger partial charge in [0.2, 0.25) is 9.84 Å². The Balaban J connectivity index is 2.25. The van der Waals surface area contributed by atoms with E-state index in [0.29, 0.717) is 16.3 Å². The molecule has 0 fully saturated rings. The summed E-state index contributed by atoms with van der Waals surface area (Å²) in [5.41, 5.74) is 2.74. The van der Waals surface area contributed by atoms with E-state index in [9.17, 15) is 8.42 Å². The molecule has 0 amide bonds. The monoisotopic (exact) mass is 503 g/mol. The van der Waals surface area contributed by atoms with Crippen molar-refractivity contribution >= 4 is 59.3 Å². The summed E-state index contributed by atoms with van der Waals surface area (Å²) in [6.07, 6.45) is 0.711. The fourth-order valence-electron chi connectivity index (χ4n) is 2.61. The maximum Gasteiger partial charge on any atom is 0.222 e. The molecule has 0 radical (unpaired) electrons. The molecule has 0 saturated heterocycles. The minimum absolute atomic E-state index is 0.311. The van der Waals surface area contributed by atoms with Gasteiger partial charge in [0.1, 0.15) is 5.03 Å². The van der Waals surface area contributed by atoms with E-state index in [1.54, 1.807) is 12.1 Å². The SMILES string of the molecule is Cc1ccc(S(=O)(=O)c2[nH]c3cc(Br)ccc3c2CCI)cc1. The molecular formula is C17H15BrINO2S. The van der Waals surface area contributed by atoms with Gasteiger partial charge in [0.25, 0.3) is 0 Å². The highest BCUT2D eigenvalue weighted by atomic mass is 127. The van der Waals surface area contributed by atoms with Gasteiger partial charge in [0.15, 0.2) is 0 Å². The van der Waals surface area contributed by atoms with E-state index >= 15 is 0 Å². The summed E-state index contributed by atoms with van der Waals surface area (Å²) < 4.78 is 27.9. The molecule has 0 atom stereocenters. The number of aryl methyl sites for hydroxylation is 2. The Kier molecular flexibility index (Phi) is 4.85. The molecule has 1 N–H and O–H groups in total. The molecule has 3 rings (SSSR count). The lowest BCUT2D eigenvalue weighted by Crippen LogP contribution is -2.06. The summed E-state index contributed by atoms with van der Waals surface area (Å²) in [7, 11) is -3.56. The Morgan fingerprint density at radius 1 is 1.13 bits per heavy atom. The van der Waals surface area contributed by atoms with Crippen molar-refractivity contribution in [3.63, 3.8) is 0 Å². The summed E-state index contributed by atoms with van der Waals surface area (Å²) in [6.45, 7) is 1.94. The van der Waals surface area contributed by atoms with Crippen LogP contribution in [0.4, 0.5) is 0 Å². The molecule has 3 aromatic rings. The Labute approximate surface area is 157 Å². The number of fused-ring (bicyclic) bond motifs is 1. The van der Waals surface area contributed by atoms with Crippen molar-refractivity contribution in [1.82, 2.24) is 4.98 Å². The molecule has 0 unspecified atom stereocenters. The largest absolute Gasteiger partial charge is 0.345 e. The zero-order chi connectivity index (χ0) is 16.6. The summed E-state index contributed by atoms with van der Waals surface area (Å²) in [6, 6.07) is 12.8. The Bertz CT molecular complexity index is 962. The van der Waals surface area contributed by atoms with Crippen molar-refractivity contribution in [1.29, 1.82) is 0 Å². The van der Waals surface area contributed by atoms with Gasteiger partial charge in [0, 0.05) is 19.8 Å². The van der Waals surface area contributed by atoms with E-state index < -0.39 is 9.84 Å². The van der Waals surface area contributed by atoms with E-state index in [1.807, 2.05) is 37.3 Å². The van der Waals surface area contributed by atoms with Gasteiger partial charge in [-0.15, -0.1) is 0 Å². The van der Waals surface area contributed by atoms with Crippen LogP contribution in [-0.2, 0) is 16.3 Å². The van der Waals surface area contributed by atoms with Crippen LogP contribution >= 0.6 is 38.5 Å². The summed E-state index contributed by atoms with van der Waals surface area (Å²) in [4.78, 5) is 3.44. The summed E-state index contributed by atoms with van der Waals surface area (Å²) in [5, 5.41) is 1.28. The van der Waals surface area contributed by atoms with Crippen molar-refractivity contribution in [2.45, 2.75) is 23.3 Å². The van der Waals surface area contributed by atoms with Gasteiger partial charge in [-0.2, -0.15) is 0 Å². The number of hydrogen-bond donors (Lipinski definition) is 1. The first kappa shape index (κ1) is 17.0. The number of alkyl halides is 1. The molecule has 120 valence electrons. The van der Waals surface area contributed by atoms with Gasteiger partial charge in [0.05, 0.1) is 4.90 Å². The smallest absolute Gasteiger partial charge is 0.222 e. The highest BCUT2D eigenvalue weighted by Crippen LogP contribution is 2.32. The van der Waals surface area contributed by atoms with Crippen LogP contribution in [0.15, 0.2) is 56.9 Å². The van der Waals surface area contributed by atoms with Crippen molar-refractivity contribution in [3.05, 3.63) is 58.1 Å². The maximum atomic E-state index is 13.0. The Hall–Kier alpha value is -0.860. The molecule has 1 aromatic heterocycles. The predicted molar refractivity (Wildman–Crippen MR) is 105 cm³/mol. The van der Waals surface area contributed by atoms with Crippen molar-refractivity contribution in [2.24, 2.45) is 0 Å². The van der Waals surface area contributed by atoms with Crippen LogP contribution in [0.3, 0.4) is 0 Å². The topological polar surface area (TPSA) is 49.9 Å². The van der Waals surface area contributed by atoms with E-state index in [2.05, 4.69) is 43.5 Å². The van der Waals surface area contributed by atoms with E-state index in [-0.39, 0.29) is 0 Å². The van der Waals surface area contributed by atoms with E-state index in [0.717, 1.165) is 30.9 Å². The standard InChI is InChI=1S/C17H15BrINO2S/c1-11-2-5-13(6-3-11)23(21,22)17-15(8-9-19)14-7-4-12(18)10-16(14)20-17/h2-7,10,20H,8-9H2,1H3. The van der Waals surface area contributed by atoms with Crippen LogP contribution in [0.2, 0.25) is 0 Å². The zero-order valence-electron chi connectivity index (χ0n) is 12.4. The summed E-state index contributed by atoms with van der Waals surface area (Å²) >= 11 is 5.71. The number of benzene rings is 2. The Morgan fingerprint density at radius 3 is 2.48 bits per heavy atom. The van der Waals surface area contributed by atoms with Crippen LogP contribution in [-0.4, -0.2) is 17.8 Å². The maximum absolute atomic E-state index is 13.0. The number of rotatable bonds is 4. The number of H-pyrrole nitrogens is 1. The molecule has 0 bridgehead atoms. The first-order valence-electron chi connectivity index (χ1n) is 7.11. The lowest BCUT2D eigenvalue weighted by molar-refractivity contribution is 0.592. The third-order valence-corrected chi connectivity index (χ3v) is 6.58. The van der Waals surface area contributed by atoms with Crippen molar-refractivity contribution in [2.75, 3.05) is 4.43 Å². The fourth-order valence-corrected chi connectivity index (χ4v) is 5.02. The highest BCUT2D eigenvalue weighted by molar-refractivity contribution is 14.1. The molecule has 2 aromatic carbocycles.